The van der Waals surface area contributed by atoms with Crippen LogP contribution in [0.2, 0.25) is 0 Å². The molecule has 6 heteroatoms. The molecule has 24 heavy (non-hydrogen) atoms. The first kappa shape index (κ1) is 31.3. The first-order valence-electron chi connectivity index (χ1n) is 8.67. The van der Waals surface area contributed by atoms with Gasteiger partial charge in [-0.15, -0.1) is 0 Å². The molecule has 0 aromatic rings. The second kappa shape index (κ2) is 24.8. The van der Waals surface area contributed by atoms with E-state index in [0.29, 0.717) is 11.8 Å². The molecular weight excluding hydrogens is 362 g/mol. The molecule has 0 aromatic carbocycles. The minimum absolute atomic E-state index is 0. The fourth-order valence-corrected chi connectivity index (χ4v) is 1.64. The molecule has 1 N–H and O–H groups in total. The van der Waals surface area contributed by atoms with E-state index in [-0.39, 0.29) is 38.9 Å². The number of aliphatic hydroxyl groups is 1. The summed E-state index contributed by atoms with van der Waals surface area (Å²) < 4.78 is 0. The molecule has 0 atom stereocenters. The molecule has 0 aliphatic carbocycles. The fourth-order valence-electron chi connectivity index (χ4n) is 1.64. The predicted molar refractivity (Wildman–Crippen MR) is 89.4 cm³/mol. The third-order valence-electron chi connectivity index (χ3n) is 2.82. The summed E-state index contributed by atoms with van der Waals surface area (Å²) in [6.07, 6.45) is 6.21. The normalized spacial score (nSPS) is 9.33. The molecule has 0 aliphatic rings. The molecule has 140 valence electrons. The third-order valence-corrected chi connectivity index (χ3v) is 2.82. The number of carboxylic acids is 2. The van der Waals surface area contributed by atoms with Gasteiger partial charge in [-0.05, 0) is 44.4 Å². The van der Waals surface area contributed by atoms with Crippen LogP contribution in [0.3, 0.4) is 0 Å². The third kappa shape index (κ3) is 49.6. The summed E-state index contributed by atoms with van der Waals surface area (Å²) in [5, 5.41) is 27.4. The Kier molecular flexibility index (Phi) is 32.3. The molecule has 0 bridgehead atoms. The van der Waals surface area contributed by atoms with Crippen LogP contribution in [0, 0.1) is 11.8 Å². The van der Waals surface area contributed by atoms with E-state index in [2.05, 4.69) is 27.7 Å². The van der Waals surface area contributed by atoms with Crippen LogP contribution in [0.1, 0.15) is 86.0 Å². The summed E-state index contributed by atoms with van der Waals surface area (Å²) in [6, 6.07) is 0. The predicted octanol–water partition coefficient (Wildman–Crippen LogP) is 1.90. The van der Waals surface area contributed by atoms with E-state index in [1.54, 1.807) is 6.92 Å². The molecule has 0 unspecified atom stereocenters. The number of carbonyl (C=O) groups excluding carboxylic acids is 2. The maximum absolute atomic E-state index is 9.93. The Morgan fingerprint density at radius 1 is 0.792 bits per heavy atom. The van der Waals surface area contributed by atoms with Gasteiger partial charge in [-0.1, -0.05) is 53.4 Å². The van der Waals surface area contributed by atoms with Crippen molar-refractivity contribution in [1.82, 2.24) is 0 Å². The molecule has 5 nitrogen and oxygen atoms in total. The van der Waals surface area contributed by atoms with Crippen LogP contribution in [0.5, 0.6) is 0 Å². The van der Waals surface area contributed by atoms with Crippen LogP contribution in [-0.4, -0.2) is 23.7 Å². The van der Waals surface area contributed by atoms with E-state index in [9.17, 15) is 19.8 Å². The first-order valence-corrected chi connectivity index (χ1v) is 8.67. The zero-order valence-electron chi connectivity index (χ0n) is 16.3. The number of hydrogen-bond donors (Lipinski definition) is 1. The molecule has 0 rings (SSSR count). The van der Waals surface area contributed by atoms with Gasteiger partial charge in [0, 0.05) is 18.5 Å². The second-order valence-electron chi connectivity index (χ2n) is 6.34. The minimum atomic E-state index is -0.927. The van der Waals surface area contributed by atoms with Gasteiger partial charge in [0.05, 0.1) is 0 Å². The zero-order chi connectivity index (χ0) is 18.7. The van der Waals surface area contributed by atoms with Crippen LogP contribution in [0.15, 0.2) is 0 Å². The van der Waals surface area contributed by atoms with Gasteiger partial charge >= 0.3 is 19.5 Å². The number of rotatable bonds is 10. The van der Waals surface area contributed by atoms with E-state index in [1.807, 2.05) is 0 Å². The quantitative estimate of drug-likeness (QED) is 0.448. The van der Waals surface area contributed by atoms with E-state index >= 15 is 0 Å². The van der Waals surface area contributed by atoms with Crippen LogP contribution in [-0.2, 0) is 29.1 Å². The Balaban J connectivity index is -0.000000138. The Bertz CT molecular complexity index is 242. The van der Waals surface area contributed by atoms with Gasteiger partial charge in [-0.3, -0.25) is 0 Å². The molecule has 0 saturated heterocycles. The summed E-state index contributed by atoms with van der Waals surface area (Å²) in [6.45, 7) is 10.5. The standard InChI is InChI=1S/2C8H16O2.C2H6O.Zn/c2*1-7(2)5-3-4-6-8(9)10;1-2-3;/h2*7H,3-6H2,1-2H3,(H,9,10);3H,2H2,1H3;/q;;;+2/p-2. The van der Waals surface area contributed by atoms with Gasteiger partial charge in [-0.25, -0.2) is 0 Å². The van der Waals surface area contributed by atoms with Crippen molar-refractivity contribution in [2.24, 2.45) is 11.8 Å². The molecular formula is C18H36O5Zn. The van der Waals surface area contributed by atoms with Crippen molar-refractivity contribution in [2.45, 2.75) is 86.0 Å². The maximum Gasteiger partial charge on any atom is 2.00 e. The minimum Gasteiger partial charge on any atom is -0.550 e. The van der Waals surface area contributed by atoms with E-state index in [4.69, 9.17) is 5.11 Å². The first-order chi connectivity index (χ1) is 10.7. The monoisotopic (exact) mass is 396 g/mol. The van der Waals surface area contributed by atoms with Gasteiger partial charge < -0.3 is 24.9 Å². The molecule has 0 aromatic heterocycles. The SMILES string of the molecule is CC(C)CCCCC(=O)[O-].CC(C)CCCCC(=O)[O-].CCO.[Zn+2]. The summed E-state index contributed by atoms with van der Waals surface area (Å²) in [5.41, 5.74) is 0. The molecule has 0 aliphatic heterocycles. The largest absolute Gasteiger partial charge is 2.00 e. The number of aliphatic hydroxyl groups excluding tert-OH is 1. The van der Waals surface area contributed by atoms with Crippen LogP contribution >= 0.6 is 0 Å². The summed E-state index contributed by atoms with van der Waals surface area (Å²) in [4.78, 5) is 19.9. The average Bonchev–Trinajstić information content (AvgIpc) is 2.41. The van der Waals surface area contributed by atoms with Gasteiger partial charge in [0.25, 0.3) is 0 Å². The summed E-state index contributed by atoms with van der Waals surface area (Å²) in [7, 11) is 0. The Hall–Kier alpha value is -0.477. The molecule has 0 spiro atoms. The van der Waals surface area contributed by atoms with Crippen molar-refractivity contribution >= 4 is 11.9 Å². The number of hydrogen-bond acceptors (Lipinski definition) is 5. The van der Waals surface area contributed by atoms with Crippen molar-refractivity contribution in [3.8, 4) is 0 Å². The van der Waals surface area contributed by atoms with Crippen molar-refractivity contribution in [1.29, 1.82) is 0 Å². The van der Waals surface area contributed by atoms with Gasteiger partial charge in [0.2, 0.25) is 0 Å². The number of carbonyl (C=O) groups is 2. The van der Waals surface area contributed by atoms with E-state index in [1.165, 1.54) is 0 Å². The Morgan fingerprint density at radius 2 is 1.04 bits per heavy atom. The second-order valence-corrected chi connectivity index (χ2v) is 6.34. The molecule has 0 saturated carbocycles. The van der Waals surface area contributed by atoms with Crippen molar-refractivity contribution in [3.63, 3.8) is 0 Å². The van der Waals surface area contributed by atoms with E-state index < -0.39 is 11.9 Å². The van der Waals surface area contributed by atoms with E-state index in [0.717, 1.165) is 38.5 Å². The summed E-state index contributed by atoms with van der Waals surface area (Å²) >= 11 is 0. The van der Waals surface area contributed by atoms with Crippen molar-refractivity contribution in [2.75, 3.05) is 6.61 Å². The van der Waals surface area contributed by atoms with Crippen LogP contribution < -0.4 is 10.2 Å². The average molecular weight is 398 g/mol. The smallest absolute Gasteiger partial charge is 0.550 e. The topological polar surface area (TPSA) is 100 Å². The molecule has 0 heterocycles. The zero-order valence-corrected chi connectivity index (χ0v) is 19.3. The van der Waals surface area contributed by atoms with Gasteiger partial charge in [-0.2, -0.15) is 0 Å². The van der Waals surface area contributed by atoms with Crippen molar-refractivity contribution < 1.29 is 44.4 Å². The maximum atomic E-state index is 9.93. The number of carboxylic acid groups (broad SMARTS) is 2. The van der Waals surface area contributed by atoms with Crippen LogP contribution in [0.4, 0.5) is 0 Å². The van der Waals surface area contributed by atoms with Gasteiger partial charge in [0.15, 0.2) is 0 Å². The van der Waals surface area contributed by atoms with Crippen molar-refractivity contribution in [3.05, 3.63) is 0 Å². The fraction of sp³-hybridized carbons (Fsp3) is 0.889. The van der Waals surface area contributed by atoms with Crippen LogP contribution in [0.25, 0.3) is 0 Å². The molecule has 0 amide bonds. The van der Waals surface area contributed by atoms with Gasteiger partial charge in [0.1, 0.15) is 0 Å². The number of aliphatic carboxylic acids is 2. The summed E-state index contributed by atoms with van der Waals surface area (Å²) in [5.74, 6) is -0.490. The Labute approximate surface area is 161 Å². The Morgan fingerprint density at radius 3 is 1.21 bits per heavy atom. The molecule has 0 radical (unpaired) electrons. The molecule has 0 fully saturated rings. The number of unbranched alkanes of at least 4 members (excludes halogenated alkanes) is 2.